The van der Waals surface area contributed by atoms with Crippen LogP contribution in [0.3, 0.4) is 0 Å². The van der Waals surface area contributed by atoms with E-state index in [-0.39, 0.29) is 0 Å². The lowest BCUT2D eigenvalue weighted by Crippen LogP contribution is -2.17. The lowest BCUT2D eigenvalue weighted by atomic mass is 9.77. The molecule has 0 aliphatic heterocycles. The Morgan fingerprint density at radius 2 is 0.500 bits per heavy atom. The zero-order chi connectivity index (χ0) is 46.2. The van der Waals surface area contributed by atoms with Gasteiger partial charge in [-0.2, -0.15) is 0 Å². The van der Waals surface area contributed by atoms with Crippen LogP contribution in [0.5, 0.6) is 0 Å². The molecule has 0 aromatic rings. The Balaban J connectivity index is 0.000000363. The van der Waals surface area contributed by atoms with Gasteiger partial charge in [0.25, 0.3) is 0 Å². The Kier molecular flexibility index (Phi) is 35.9. The van der Waals surface area contributed by atoms with Crippen molar-refractivity contribution in [3.05, 3.63) is 0 Å². The zero-order valence-corrected chi connectivity index (χ0v) is 46.2. The molecule has 0 saturated heterocycles. The minimum Gasteiger partial charge on any atom is -0.0651 e. The molecule has 0 nitrogen and oxygen atoms in total. The van der Waals surface area contributed by atoms with Crippen LogP contribution in [0.2, 0.25) is 0 Å². The Bertz CT molecular complexity index is 883. The third-order valence-corrected chi connectivity index (χ3v) is 19.5. The first-order valence-electron chi connectivity index (χ1n) is 30.1. The second-order valence-corrected chi connectivity index (χ2v) is 22.9. The summed E-state index contributed by atoms with van der Waals surface area (Å²) in [5.41, 5.74) is 0.833. The van der Waals surface area contributed by atoms with Crippen LogP contribution in [0, 0.1) is 76.4 Å². The molecule has 7 fully saturated rings. The molecule has 0 amide bonds. The third-order valence-electron chi connectivity index (χ3n) is 19.5. The minimum absolute atomic E-state index is 0.833. The van der Waals surface area contributed by atoms with E-state index in [2.05, 4.69) is 96.9 Å². The van der Waals surface area contributed by atoms with Gasteiger partial charge >= 0.3 is 0 Å². The number of hydrogen-bond acceptors (Lipinski definition) is 0. The van der Waals surface area contributed by atoms with E-state index in [0.717, 1.165) is 76.4 Å². The maximum Gasteiger partial charge on any atom is -0.0302 e. The molecule has 7 rings (SSSR count). The molecule has 7 aliphatic carbocycles. The molecular formula is C62H124. The van der Waals surface area contributed by atoms with Gasteiger partial charge in [0.1, 0.15) is 0 Å². The fourth-order valence-corrected chi connectivity index (χ4v) is 13.1. The fourth-order valence-electron chi connectivity index (χ4n) is 13.1. The highest BCUT2D eigenvalue weighted by atomic mass is 14.4. The normalized spacial score (nSPS) is 34.0. The van der Waals surface area contributed by atoms with Crippen molar-refractivity contribution in [3.63, 3.8) is 0 Å². The molecular weight excluding hydrogens is 745 g/mol. The van der Waals surface area contributed by atoms with E-state index in [1.54, 1.807) is 0 Å². The van der Waals surface area contributed by atoms with Crippen molar-refractivity contribution in [2.45, 2.75) is 322 Å². The standard InChI is InChI=1S/3C10H20.2C9H18.2C7H14/c1-3-9-5-7-10(4-2)8-6-9;1-3-9-6-5-7-10(4-2)8-9;1-3-9-7-5-6-8-10(9)4-2;1-3-8-5-6-9(4-2)7-8;1-3-8-6-5-7-9(8)4-2;1-3-7(4-2)5-6-7;1-3-6-5-7(6)4-2/h3*9-10H,3-8H2,1-2H3;2*8-9H,3-7H2,1-2H3;3-6H2,1-2H3;6-7H,3-5H2,1-2H3. The van der Waals surface area contributed by atoms with Gasteiger partial charge in [-0.3, -0.25) is 0 Å². The van der Waals surface area contributed by atoms with Gasteiger partial charge in [-0.25, -0.2) is 0 Å². The first-order chi connectivity index (χ1) is 30.1. The van der Waals surface area contributed by atoms with Gasteiger partial charge < -0.3 is 0 Å². The van der Waals surface area contributed by atoms with E-state index < -0.39 is 0 Å². The Labute approximate surface area is 396 Å². The minimum atomic E-state index is 0.833. The molecule has 0 spiro atoms. The predicted molar refractivity (Wildman–Crippen MR) is 285 cm³/mol. The van der Waals surface area contributed by atoms with Gasteiger partial charge in [-0.1, -0.05) is 290 Å². The number of rotatable bonds is 14. The molecule has 0 aromatic heterocycles. The third kappa shape index (κ3) is 25.2. The monoisotopic (exact) mass is 869 g/mol. The van der Waals surface area contributed by atoms with Crippen LogP contribution in [0.4, 0.5) is 0 Å². The van der Waals surface area contributed by atoms with Gasteiger partial charge in [-0.15, -0.1) is 0 Å². The molecule has 10 unspecified atom stereocenters. The Hall–Kier alpha value is 0. The van der Waals surface area contributed by atoms with E-state index >= 15 is 0 Å². The molecule has 0 radical (unpaired) electrons. The van der Waals surface area contributed by atoms with Crippen LogP contribution >= 0.6 is 0 Å². The van der Waals surface area contributed by atoms with Crippen LogP contribution < -0.4 is 0 Å². The molecule has 7 aliphatic rings. The molecule has 0 aromatic carbocycles. The lowest BCUT2D eigenvalue weighted by Gasteiger charge is -2.29. The highest BCUT2D eigenvalue weighted by Gasteiger charge is 2.38. The SMILES string of the molecule is CCC1(CC)CC1.CCC1CC1CC.CCC1CCC(CC)C1.CCC1CCC(CC)CC1.CCC1CCCC(CC)C1.CCC1CCCC1CC.CCC1CCCCC1CC. The molecule has 10 atom stereocenters. The number of hydrogen-bond donors (Lipinski definition) is 0. The summed E-state index contributed by atoms with van der Waals surface area (Å²) in [5, 5.41) is 0. The maximum absolute atomic E-state index is 2.35. The van der Waals surface area contributed by atoms with Crippen LogP contribution in [0.25, 0.3) is 0 Å². The average molecular weight is 870 g/mol. The summed E-state index contributed by atoms with van der Waals surface area (Å²) in [6.45, 7) is 32.5. The van der Waals surface area contributed by atoms with Gasteiger partial charge in [-0.05, 0) is 109 Å². The molecule has 0 bridgehead atoms. The summed E-state index contributed by atoms with van der Waals surface area (Å²) in [5.74, 6) is 13.0. The van der Waals surface area contributed by atoms with E-state index in [0.29, 0.717) is 0 Å². The van der Waals surface area contributed by atoms with Gasteiger partial charge in [0.05, 0.1) is 0 Å². The summed E-state index contributed by atoms with van der Waals surface area (Å²) in [6.07, 6.45) is 51.4. The van der Waals surface area contributed by atoms with Crippen LogP contribution in [0.1, 0.15) is 322 Å². The van der Waals surface area contributed by atoms with E-state index in [1.807, 2.05) is 0 Å². The van der Waals surface area contributed by atoms with Crippen molar-refractivity contribution >= 4 is 0 Å². The second kappa shape index (κ2) is 37.0. The zero-order valence-electron chi connectivity index (χ0n) is 46.2. The highest BCUT2D eigenvalue weighted by Crippen LogP contribution is 2.51. The summed E-state index contributed by atoms with van der Waals surface area (Å²) < 4.78 is 0. The van der Waals surface area contributed by atoms with Crippen molar-refractivity contribution in [1.82, 2.24) is 0 Å². The van der Waals surface area contributed by atoms with Gasteiger partial charge in [0.15, 0.2) is 0 Å². The van der Waals surface area contributed by atoms with Crippen molar-refractivity contribution in [1.29, 1.82) is 0 Å². The topological polar surface area (TPSA) is 0 Å². The first kappa shape index (κ1) is 60.0. The van der Waals surface area contributed by atoms with Crippen LogP contribution in [0.15, 0.2) is 0 Å². The summed E-state index contributed by atoms with van der Waals surface area (Å²) in [7, 11) is 0. The molecule has 0 N–H and O–H groups in total. The summed E-state index contributed by atoms with van der Waals surface area (Å²) >= 11 is 0. The average Bonchev–Trinajstić information content (AvgIpc) is 4.21. The van der Waals surface area contributed by atoms with Crippen LogP contribution in [-0.2, 0) is 0 Å². The van der Waals surface area contributed by atoms with Crippen molar-refractivity contribution < 1.29 is 0 Å². The molecule has 0 heteroatoms. The predicted octanol–water partition coefficient (Wildman–Crippen LogP) is 22.3. The van der Waals surface area contributed by atoms with E-state index in [4.69, 9.17) is 0 Å². The second-order valence-electron chi connectivity index (χ2n) is 22.9. The summed E-state index contributed by atoms with van der Waals surface area (Å²) in [4.78, 5) is 0. The highest BCUT2D eigenvalue weighted by molar-refractivity contribution is 4.90. The molecule has 0 heterocycles. The van der Waals surface area contributed by atoms with Crippen molar-refractivity contribution in [2.24, 2.45) is 76.4 Å². The van der Waals surface area contributed by atoms with Crippen molar-refractivity contribution in [2.75, 3.05) is 0 Å². The molecule has 7 saturated carbocycles. The van der Waals surface area contributed by atoms with Crippen LogP contribution in [-0.4, -0.2) is 0 Å². The lowest BCUT2D eigenvalue weighted by molar-refractivity contribution is 0.224. The first-order valence-corrected chi connectivity index (χ1v) is 30.1. The van der Waals surface area contributed by atoms with Gasteiger partial charge in [0, 0.05) is 0 Å². The van der Waals surface area contributed by atoms with Gasteiger partial charge in [0.2, 0.25) is 0 Å². The Morgan fingerprint density at radius 1 is 0.242 bits per heavy atom. The van der Waals surface area contributed by atoms with E-state index in [1.165, 1.54) is 225 Å². The summed E-state index contributed by atoms with van der Waals surface area (Å²) in [6, 6.07) is 0. The quantitative estimate of drug-likeness (QED) is 0.163. The molecule has 62 heavy (non-hydrogen) atoms. The van der Waals surface area contributed by atoms with E-state index in [9.17, 15) is 0 Å². The largest absolute Gasteiger partial charge is 0.0651 e. The van der Waals surface area contributed by atoms with Crippen molar-refractivity contribution in [3.8, 4) is 0 Å². The maximum atomic E-state index is 2.35. The smallest absolute Gasteiger partial charge is 0.0302 e. The molecule has 372 valence electrons. The Morgan fingerprint density at radius 3 is 0.710 bits per heavy atom. The fraction of sp³-hybridized carbons (Fsp3) is 1.00.